The highest BCUT2D eigenvalue weighted by atomic mass is 35.5. The van der Waals surface area contributed by atoms with Gasteiger partial charge in [-0.2, -0.15) is 0 Å². The number of aryl methyl sites for hydroxylation is 1. The summed E-state index contributed by atoms with van der Waals surface area (Å²) in [6, 6.07) is 8.66. The molecule has 1 aromatic carbocycles. The Hall–Kier alpha value is -1.45. The number of rotatable bonds is 2. The number of halogens is 2. The number of anilines is 2. The van der Waals surface area contributed by atoms with Gasteiger partial charge < -0.3 is 9.80 Å². The average molecular weight is 322 g/mol. The van der Waals surface area contributed by atoms with E-state index in [1.54, 1.807) is 12.4 Å². The first-order chi connectivity index (χ1) is 10.1. The Morgan fingerprint density at radius 3 is 1.95 bits per heavy atom. The fourth-order valence-corrected chi connectivity index (χ4v) is 3.25. The number of benzene rings is 1. The van der Waals surface area contributed by atoms with Gasteiger partial charge in [-0.3, -0.25) is 4.98 Å². The molecule has 5 heteroatoms. The largest absolute Gasteiger partial charge is 0.368 e. The van der Waals surface area contributed by atoms with Gasteiger partial charge in [0.2, 0.25) is 0 Å². The Bertz CT molecular complexity index is 600. The lowest BCUT2D eigenvalue weighted by molar-refractivity contribution is 0.653. The van der Waals surface area contributed by atoms with E-state index in [-0.39, 0.29) is 0 Å². The van der Waals surface area contributed by atoms with Crippen molar-refractivity contribution in [1.29, 1.82) is 0 Å². The molecule has 0 aliphatic carbocycles. The molecule has 110 valence electrons. The standard InChI is InChI=1S/C16H17Cl2N3/c1-12-2-4-13(5-3-12)20-6-8-21(9-7-20)16-14(17)10-19-11-15(16)18/h2-5,10-11H,6-9H2,1H3. The van der Waals surface area contributed by atoms with Crippen molar-refractivity contribution in [2.24, 2.45) is 0 Å². The second-order valence-corrected chi connectivity index (χ2v) is 6.08. The third-order valence-electron chi connectivity index (χ3n) is 3.82. The van der Waals surface area contributed by atoms with E-state index in [2.05, 4.69) is 46.0 Å². The third kappa shape index (κ3) is 3.09. The quantitative estimate of drug-likeness (QED) is 0.832. The van der Waals surface area contributed by atoms with Crippen LogP contribution in [0, 0.1) is 6.92 Å². The molecular formula is C16H17Cl2N3. The first-order valence-electron chi connectivity index (χ1n) is 7.01. The molecule has 21 heavy (non-hydrogen) atoms. The van der Waals surface area contributed by atoms with Gasteiger partial charge in [0.15, 0.2) is 0 Å². The lowest BCUT2D eigenvalue weighted by atomic mass is 10.2. The number of nitrogens with zero attached hydrogens (tertiary/aromatic N) is 3. The average Bonchev–Trinajstić information content (AvgIpc) is 2.49. The number of pyridine rings is 1. The lowest BCUT2D eigenvalue weighted by Crippen LogP contribution is -2.46. The van der Waals surface area contributed by atoms with Crippen molar-refractivity contribution in [3.05, 3.63) is 52.3 Å². The Morgan fingerprint density at radius 2 is 1.38 bits per heavy atom. The molecule has 0 saturated carbocycles. The molecule has 0 unspecified atom stereocenters. The Balaban J connectivity index is 1.72. The van der Waals surface area contributed by atoms with Crippen molar-refractivity contribution in [3.8, 4) is 0 Å². The van der Waals surface area contributed by atoms with E-state index in [0.717, 1.165) is 31.9 Å². The zero-order valence-electron chi connectivity index (χ0n) is 11.9. The van der Waals surface area contributed by atoms with Crippen LogP contribution in [0.25, 0.3) is 0 Å². The third-order valence-corrected chi connectivity index (χ3v) is 4.38. The molecule has 1 fully saturated rings. The molecule has 2 heterocycles. The lowest BCUT2D eigenvalue weighted by Gasteiger charge is -2.38. The predicted molar refractivity (Wildman–Crippen MR) is 89.9 cm³/mol. The van der Waals surface area contributed by atoms with Crippen molar-refractivity contribution in [3.63, 3.8) is 0 Å². The number of hydrogen-bond donors (Lipinski definition) is 0. The Kier molecular flexibility index (Phi) is 4.22. The van der Waals surface area contributed by atoms with Gasteiger partial charge in [0.1, 0.15) is 0 Å². The monoisotopic (exact) mass is 321 g/mol. The van der Waals surface area contributed by atoms with Gasteiger partial charge in [0.25, 0.3) is 0 Å². The summed E-state index contributed by atoms with van der Waals surface area (Å²) in [7, 11) is 0. The summed E-state index contributed by atoms with van der Waals surface area (Å²) in [4.78, 5) is 8.63. The van der Waals surface area contributed by atoms with Crippen LogP contribution < -0.4 is 9.80 Å². The van der Waals surface area contributed by atoms with Crippen LogP contribution in [0.2, 0.25) is 10.0 Å². The summed E-state index contributed by atoms with van der Waals surface area (Å²) in [5, 5.41) is 1.23. The SMILES string of the molecule is Cc1ccc(N2CCN(c3c(Cl)cncc3Cl)CC2)cc1. The van der Waals surface area contributed by atoms with Crippen LogP contribution in [-0.2, 0) is 0 Å². The summed E-state index contributed by atoms with van der Waals surface area (Å²) in [5.41, 5.74) is 3.46. The van der Waals surface area contributed by atoms with Crippen LogP contribution in [0.15, 0.2) is 36.7 Å². The highest BCUT2D eigenvalue weighted by molar-refractivity contribution is 6.38. The van der Waals surface area contributed by atoms with E-state index in [1.807, 2.05) is 0 Å². The molecule has 3 nitrogen and oxygen atoms in total. The summed E-state index contributed by atoms with van der Waals surface area (Å²) in [5.74, 6) is 0. The van der Waals surface area contributed by atoms with Crippen LogP contribution in [0.4, 0.5) is 11.4 Å². The molecule has 0 bridgehead atoms. The maximum absolute atomic E-state index is 6.23. The minimum atomic E-state index is 0.617. The van der Waals surface area contributed by atoms with E-state index in [4.69, 9.17) is 23.2 Å². The van der Waals surface area contributed by atoms with E-state index in [9.17, 15) is 0 Å². The second kappa shape index (κ2) is 6.12. The van der Waals surface area contributed by atoms with Gasteiger partial charge in [-0.05, 0) is 19.1 Å². The van der Waals surface area contributed by atoms with Gasteiger partial charge in [0.05, 0.1) is 15.7 Å². The van der Waals surface area contributed by atoms with Crippen molar-refractivity contribution < 1.29 is 0 Å². The van der Waals surface area contributed by atoms with E-state index in [1.165, 1.54) is 11.3 Å². The Morgan fingerprint density at radius 1 is 0.857 bits per heavy atom. The molecule has 0 atom stereocenters. The maximum Gasteiger partial charge on any atom is 0.0838 e. The van der Waals surface area contributed by atoms with Crippen LogP contribution in [-0.4, -0.2) is 31.2 Å². The van der Waals surface area contributed by atoms with Gasteiger partial charge in [-0.1, -0.05) is 40.9 Å². The molecule has 3 rings (SSSR count). The predicted octanol–water partition coefficient (Wildman–Crippen LogP) is 4.02. The molecule has 1 aliphatic rings. The van der Waals surface area contributed by atoms with Gasteiger partial charge in [0, 0.05) is 44.3 Å². The maximum atomic E-state index is 6.23. The molecule has 0 amide bonds. The molecule has 1 aromatic heterocycles. The summed E-state index contributed by atoms with van der Waals surface area (Å²) in [6.07, 6.45) is 3.30. The van der Waals surface area contributed by atoms with E-state index in [0.29, 0.717) is 10.0 Å². The number of aromatic nitrogens is 1. The second-order valence-electron chi connectivity index (χ2n) is 5.26. The highest BCUT2D eigenvalue weighted by Gasteiger charge is 2.21. The molecule has 0 N–H and O–H groups in total. The fourth-order valence-electron chi connectivity index (χ4n) is 2.65. The normalized spacial score (nSPS) is 15.4. The van der Waals surface area contributed by atoms with E-state index >= 15 is 0 Å². The van der Waals surface area contributed by atoms with Gasteiger partial charge >= 0.3 is 0 Å². The molecule has 1 saturated heterocycles. The van der Waals surface area contributed by atoms with E-state index < -0.39 is 0 Å². The van der Waals surface area contributed by atoms with Crippen molar-refractivity contribution in [2.45, 2.75) is 6.92 Å². The summed E-state index contributed by atoms with van der Waals surface area (Å²) in [6.45, 7) is 5.82. The summed E-state index contributed by atoms with van der Waals surface area (Å²) >= 11 is 12.5. The van der Waals surface area contributed by atoms with Crippen LogP contribution in [0.3, 0.4) is 0 Å². The number of hydrogen-bond acceptors (Lipinski definition) is 3. The highest BCUT2D eigenvalue weighted by Crippen LogP contribution is 2.33. The van der Waals surface area contributed by atoms with Gasteiger partial charge in [-0.25, -0.2) is 0 Å². The minimum Gasteiger partial charge on any atom is -0.368 e. The topological polar surface area (TPSA) is 19.4 Å². The van der Waals surface area contributed by atoms with Crippen molar-refractivity contribution >= 4 is 34.6 Å². The smallest absolute Gasteiger partial charge is 0.0838 e. The molecule has 2 aromatic rings. The molecular weight excluding hydrogens is 305 g/mol. The fraction of sp³-hybridized carbons (Fsp3) is 0.312. The zero-order chi connectivity index (χ0) is 14.8. The van der Waals surface area contributed by atoms with Crippen molar-refractivity contribution in [2.75, 3.05) is 36.0 Å². The first-order valence-corrected chi connectivity index (χ1v) is 7.76. The zero-order valence-corrected chi connectivity index (χ0v) is 13.4. The summed E-state index contributed by atoms with van der Waals surface area (Å²) < 4.78 is 0. The van der Waals surface area contributed by atoms with Crippen LogP contribution in [0.1, 0.15) is 5.56 Å². The number of piperazine rings is 1. The van der Waals surface area contributed by atoms with Gasteiger partial charge in [-0.15, -0.1) is 0 Å². The van der Waals surface area contributed by atoms with Crippen LogP contribution >= 0.6 is 23.2 Å². The minimum absolute atomic E-state index is 0.617. The first kappa shape index (κ1) is 14.5. The van der Waals surface area contributed by atoms with Crippen LogP contribution in [0.5, 0.6) is 0 Å². The van der Waals surface area contributed by atoms with Crippen molar-refractivity contribution in [1.82, 2.24) is 4.98 Å². The Labute approximate surface area is 135 Å². The molecule has 0 spiro atoms. The molecule has 1 aliphatic heterocycles. The molecule has 0 radical (unpaired) electrons.